The van der Waals surface area contributed by atoms with Gasteiger partial charge in [0.1, 0.15) is 16.3 Å². The van der Waals surface area contributed by atoms with E-state index in [1.807, 2.05) is 35.7 Å². The van der Waals surface area contributed by atoms with E-state index in [1.54, 1.807) is 31.2 Å². The molecule has 156 valence electrons. The van der Waals surface area contributed by atoms with Crippen molar-refractivity contribution in [2.24, 2.45) is 0 Å². The van der Waals surface area contributed by atoms with E-state index in [4.69, 9.17) is 4.98 Å². The van der Waals surface area contributed by atoms with Crippen LogP contribution in [0.4, 0.5) is 5.69 Å². The molecule has 4 aromatic rings. The molecule has 1 aliphatic rings. The van der Waals surface area contributed by atoms with E-state index >= 15 is 0 Å². The van der Waals surface area contributed by atoms with Crippen molar-refractivity contribution in [3.8, 4) is 10.7 Å². The lowest BCUT2D eigenvalue weighted by Gasteiger charge is -2.05. The first kappa shape index (κ1) is 19.6. The van der Waals surface area contributed by atoms with Gasteiger partial charge < -0.3 is 5.32 Å². The number of carbonyl (C=O) groups is 2. The number of hydrogen-bond donors (Lipinski definition) is 1. The lowest BCUT2D eigenvalue weighted by molar-refractivity contribution is -0.115. The minimum absolute atomic E-state index is 0.0227. The van der Waals surface area contributed by atoms with Crippen LogP contribution in [0, 0.1) is 6.92 Å². The number of aromatic nitrogens is 3. The Morgan fingerprint density at radius 2 is 1.90 bits per heavy atom. The summed E-state index contributed by atoms with van der Waals surface area (Å²) in [6, 6.07) is 13.0. The van der Waals surface area contributed by atoms with Crippen LogP contribution in [0.3, 0.4) is 0 Å². The van der Waals surface area contributed by atoms with E-state index in [9.17, 15) is 9.59 Å². The van der Waals surface area contributed by atoms with Crippen LogP contribution in [0.1, 0.15) is 58.7 Å². The molecule has 1 amide bonds. The predicted molar refractivity (Wildman–Crippen MR) is 122 cm³/mol. The fraction of sp³-hybridized carbons (Fsp3) is 0.250. The number of nitrogens with zero attached hydrogens (tertiary/aromatic N) is 3. The highest BCUT2D eigenvalue weighted by Gasteiger charge is 2.33. The summed E-state index contributed by atoms with van der Waals surface area (Å²) in [7, 11) is 0. The first-order valence-corrected chi connectivity index (χ1v) is 11.3. The summed E-state index contributed by atoms with van der Waals surface area (Å²) in [5.41, 5.74) is 4.91. The topological polar surface area (TPSA) is 76.4 Å². The molecule has 1 N–H and O–H groups in total. The molecule has 0 bridgehead atoms. The number of rotatable bonds is 6. The van der Waals surface area contributed by atoms with Crippen LogP contribution < -0.4 is 5.32 Å². The Hall–Kier alpha value is -3.32. The van der Waals surface area contributed by atoms with E-state index in [1.165, 1.54) is 11.3 Å². The molecule has 5 rings (SSSR count). The summed E-state index contributed by atoms with van der Waals surface area (Å²) in [4.78, 5) is 35.2. The number of benzene rings is 1. The number of anilines is 1. The first-order valence-electron chi connectivity index (χ1n) is 10.4. The largest absolute Gasteiger partial charge is 0.326 e. The smallest absolute Gasteiger partial charge is 0.224 e. The van der Waals surface area contributed by atoms with Gasteiger partial charge in [0.05, 0.1) is 16.3 Å². The van der Waals surface area contributed by atoms with Gasteiger partial charge in [-0.15, -0.1) is 11.3 Å². The monoisotopic (exact) mass is 430 g/mol. The maximum atomic E-state index is 13.4. The lowest BCUT2D eigenvalue weighted by Crippen LogP contribution is -2.09. The summed E-state index contributed by atoms with van der Waals surface area (Å²) >= 11 is 1.44. The predicted octanol–water partition coefficient (Wildman–Crippen LogP) is 5.22. The first-order chi connectivity index (χ1) is 15.0. The van der Waals surface area contributed by atoms with E-state index in [2.05, 4.69) is 10.3 Å². The number of nitrogens with one attached hydrogen (secondary N) is 1. The number of thiazole rings is 1. The van der Waals surface area contributed by atoms with Crippen molar-refractivity contribution < 1.29 is 9.59 Å². The van der Waals surface area contributed by atoms with Gasteiger partial charge >= 0.3 is 0 Å². The fourth-order valence-electron chi connectivity index (χ4n) is 3.69. The Labute approximate surface area is 184 Å². The number of imidazole rings is 1. The maximum absolute atomic E-state index is 13.4. The SMILES string of the molecule is CCC(=O)Nc1ccc(C(=O)c2sc(-c3c(C)nc4ccccn34)nc2C2CC2)cc1. The van der Waals surface area contributed by atoms with Crippen LogP contribution >= 0.6 is 11.3 Å². The number of hydrogen-bond acceptors (Lipinski definition) is 5. The van der Waals surface area contributed by atoms with E-state index < -0.39 is 0 Å². The number of amides is 1. The van der Waals surface area contributed by atoms with Crippen molar-refractivity contribution in [2.75, 3.05) is 5.32 Å². The maximum Gasteiger partial charge on any atom is 0.224 e. The second-order valence-electron chi connectivity index (χ2n) is 7.79. The molecule has 0 spiro atoms. The van der Waals surface area contributed by atoms with Crippen molar-refractivity contribution in [3.63, 3.8) is 0 Å². The molecule has 7 heteroatoms. The Bertz CT molecular complexity index is 1300. The van der Waals surface area contributed by atoms with E-state index in [0.29, 0.717) is 28.5 Å². The highest BCUT2D eigenvalue weighted by Crippen LogP contribution is 2.45. The van der Waals surface area contributed by atoms with Crippen molar-refractivity contribution >= 4 is 34.4 Å². The molecule has 3 heterocycles. The van der Waals surface area contributed by atoms with Gasteiger partial charge in [-0.2, -0.15) is 0 Å². The third-order valence-corrected chi connectivity index (χ3v) is 6.56. The van der Waals surface area contributed by atoms with E-state index in [-0.39, 0.29) is 11.7 Å². The van der Waals surface area contributed by atoms with Crippen LogP contribution in [-0.4, -0.2) is 26.1 Å². The van der Waals surface area contributed by atoms with Gasteiger partial charge in [0.2, 0.25) is 11.7 Å². The summed E-state index contributed by atoms with van der Waals surface area (Å²) < 4.78 is 2.03. The number of fused-ring (bicyclic) bond motifs is 1. The molecule has 1 fully saturated rings. The molecule has 0 radical (unpaired) electrons. The molecule has 0 saturated heterocycles. The molecule has 1 aliphatic carbocycles. The number of aryl methyl sites for hydroxylation is 1. The summed E-state index contributed by atoms with van der Waals surface area (Å²) in [6.07, 6.45) is 4.53. The molecule has 1 saturated carbocycles. The van der Waals surface area contributed by atoms with Gasteiger partial charge in [-0.25, -0.2) is 9.97 Å². The Morgan fingerprint density at radius 3 is 2.61 bits per heavy atom. The summed E-state index contributed by atoms with van der Waals surface area (Å²) in [5, 5.41) is 3.64. The lowest BCUT2D eigenvalue weighted by atomic mass is 10.1. The van der Waals surface area contributed by atoms with Crippen molar-refractivity contribution in [3.05, 3.63) is 70.5 Å². The second kappa shape index (κ2) is 7.74. The Kier molecular flexibility index (Phi) is 4.90. The van der Waals surface area contributed by atoms with Crippen LogP contribution in [0.25, 0.3) is 16.3 Å². The van der Waals surface area contributed by atoms with Gasteiger partial charge in [0.15, 0.2) is 0 Å². The van der Waals surface area contributed by atoms with Crippen molar-refractivity contribution in [1.82, 2.24) is 14.4 Å². The molecular weight excluding hydrogens is 408 g/mol. The third kappa shape index (κ3) is 3.65. The Balaban J connectivity index is 1.52. The zero-order chi connectivity index (χ0) is 21.5. The van der Waals surface area contributed by atoms with Gasteiger partial charge in [-0.3, -0.25) is 14.0 Å². The zero-order valence-corrected chi connectivity index (χ0v) is 18.2. The number of ketones is 1. The minimum Gasteiger partial charge on any atom is -0.326 e. The average Bonchev–Trinajstić information content (AvgIpc) is 3.45. The number of carbonyl (C=O) groups excluding carboxylic acids is 2. The van der Waals surface area contributed by atoms with Crippen LogP contribution in [-0.2, 0) is 4.79 Å². The highest BCUT2D eigenvalue weighted by molar-refractivity contribution is 7.17. The molecule has 3 aromatic heterocycles. The zero-order valence-electron chi connectivity index (χ0n) is 17.4. The molecule has 1 aromatic carbocycles. The summed E-state index contributed by atoms with van der Waals surface area (Å²) in [6.45, 7) is 3.78. The Morgan fingerprint density at radius 1 is 1.13 bits per heavy atom. The second-order valence-corrected chi connectivity index (χ2v) is 8.79. The molecular formula is C24H22N4O2S. The molecule has 0 aliphatic heterocycles. The highest BCUT2D eigenvalue weighted by atomic mass is 32.1. The van der Waals surface area contributed by atoms with Crippen LogP contribution in [0.15, 0.2) is 48.7 Å². The fourth-order valence-corrected chi connectivity index (χ4v) is 4.89. The molecule has 0 atom stereocenters. The quantitative estimate of drug-likeness (QED) is 0.425. The van der Waals surface area contributed by atoms with Crippen LogP contribution in [0.2, 0.25) is 0 Å². The molecule has 31 heavy (non-hydrogen) atoms. The molecule has 0 unspecified atom stereocenters. The van der Waals surface area contributed by atoms with Crippen molar-refractivity contribution in [1.29, 1.82) is 0 Å². The summed E-state index contributed by atoms with van der Waals surface area (Å²) in [5.74, 6) is 0.280. The third-order valence-electron chi connectivity index (χ3n) is 5.48. The normalized spacial score (nSPS) is 13.5. The molecule has 6 nitrogen and oxygen atoms in total. The minimum atomic E-state index is -0.0504. The van der Waals surface area contributed by atoms with Gasteiger partial charge in [-0.1, -0.05) is 13.0 Å². The van der Waals surface area contributed by atoms with Gasteiger partial charge in [0, 0.05) is 29.8 Å². The van der Waals surface area contributed by atoms with Crippen LogP contribution in [0.5, 0.6) is 0 Å². The van der Waals surface area contributed by atoms with E-state index in [0.717, 1.165) is 40.6 Å². The standard InChI is InChI=1S/C24H22N4O2S/c1-3-19(29)26-17-11-9-16(10-12-17)22(30)23-20(15-7-8-15)27-24(31-23)21-14(2)25-18-6-4-5-13-28(18)21/h4-6,9-13,15H,3,7-8H2,1-2H3,(H,26,29). The van der Waals surface area contributed by atoms with Crippen molar-refractivity contribution in [2.45, 2.75) is 39.0 Å². The van der Waals surface area contributed by atoms with Gasteiger partial charge in [-0.05, 0) is 56.2 Å². The average molecular weight is 431 g/mol. The van der Waals surface area contributed by atoms with Gasteiger partial charge in [0.25, 0.3) is 0 Å². The number of pyridine rings is 1.